The third-order valence-electron chi connectivity index (χ3n) is 3.21. The van der Waals surface area contributed by atoms with Crippen LogP contribution in [0.5, 0.6) is 0 Å². The maximum absolute atomic E-state index is 5.67. The number of nitrogens with zero attached hydrogens (tertiary/aromatic N) is 2. The zero-order chi connectivity index (χ0) is 13.5. The van der Waals surface area contributed by atoms with Crippen molar-refractivity contribution in [2.24, 2.45) is 0 Å². The topological polar surface area (TPSA) is 54.2 Å². The lowest BCUT2D eigenvalue weighted by atomic mass is 10.2. The van der Waals surface area contributed by atoms with Gasteiger partial charge in [-0.2, -0.15) is 0 Å². The molecule has 0 saturated heterocycles. The smallest absolute Gasteiger partial charge is 0.128 e. The van der Waals surface area contributed by atoms with Gasteiger partial charge in [-0.1, -0.05) is 0 Å². The first-order chi connectivity index (χ1) is 8.50. The van der Waals surface area contributed by atoms with Crippen molar-refractivity contribution < 1.29 is 0 Å². The molecule has 0 aliphatic rings. The molecule has 0 aromatic carbocycles. The lowest BCUT2D eigenvalue weighted by Gasteiger charge is -2.20. The van der Waals surface area contributed by atoms with Crippen LogP contribution in [0.2, 0.25) is 0 Å². The number of unbranched alkanes of at least 4 members (excludes halogenated alkanes) is 1. The number of hydrogen-bond donors (Lipinski definition) is 2. The van der Waals surface area contributed by atoms with Crippen LogP contribution >= 0.6 is 0 Å². The van der Waals surface area contributed by atoms with E-state index in [1.807, 2.05) is 13.0 Å². The number of nitrogen functional groups attached to an aromatic ring is 1. The van der Waals surface area contributed by atoms with E-state index in [-0.39, 0.29) is 0 Å². The molecule has 0 aliphatic heterocycles. The predicted molar refractivity (Wildman–Crippen MR) is 78.9 cm³/mol. The molecule has 1 heterocycles. The van der Waals surface area contributed by atoms with Gasteiger partial charge in [-0.05, 0) is 58.8 Å². The highest BCUT2D eigenvalue weighted by atomic mass is 15.1. The van der Waals surface area contributed by atoms with Crippen LogP contribution in [0.15, 0.2) is 12.3 Å². The number of anilines is 2. The summed E-state index contributed by atoms with van der Waals surface area (Å²) in [5.74, 6) is 0.946. The highest BCUT2D eigenvalue weighted by molar-refractivity contribution is 5.50. The van der Waals surface area contributed by atoms with E-state index in [2.05, 4.69) is 36.1 Å². The van der Waals surface area contributed by atoms with E-state index >= 15 is 0 Å². The molecule has 0 unspecified atom stereocenters. The summed E-state index contributed by atoms with van der Waals surface area (Å²) >= 11 is 0. The molecular formula is C14H26N4. The second-order valence-corrected chi connectivity index (χ2v) is 5.14. The summed E-state index contributed by atoms with van der Waals surface area (Å²) in [5.41, 5.74) is 7.49. The lowest BCUT2D eigenvalue weighted by molar-refractivity contribution is 0.269. The van der Waals surface area contributed by atoms with Crippen molar-refractivity contribution in [1.29, 1.82) is 0 Å². The molecule has 0 amide bonds. The zero-order valence-corrected chi connectivity index (χ0v) is 12.0. The van der Waals surface area contributed by atoms with Crippen molar-refractivity contribution in [3.63, 3.8) is 0 Å². The van der Waals surface area contributed by atoms with Gasteiger partial charge < -0.3 is 16.0 Å². The number of pyridine rings is 1. The molecule has 0 bridgehead atoms. The maximum Gasteiger partial charge on any atom is 0.128 e. The van der Waals surface area contributed by atoms with Crippen molar-refractivity contribution >= 4 is 11.5 Å². The van der Waals surface area contributed by atoms with Gasteiger partial charge in [0.15, 0.2) is 0 Å². The maximum atomic E-state index is 5.67. The number of hydrogen-bond acceptors (Lipinski definition) is 4. The van der Waals surface area contributed by atoms with Crippen molar-refractivity contribution in [2.75, 3.05) is 31.2 Å². The Bertz CT molecular complexity index is 363. The van der Waals surface area contributed by atoms with Gasteiger partial charge in [-0.15, -0.1) is 0 Å². The molecule has 0 aliphatic carbocycles. The lowest BCUT2D eigenvalue weighted by Crippen LogP contribution is -2.27. The van der Waals surface area contributed by atoms with Gasteiger partial charge in [0.2, 0.25) is 0 Å². The summed E-state index contributed by atoms with van der Waals surface area (Å²) < 4.78 is 0. The van der Waals surface area contributed by atoms with Crippen molar-refractivity contribution in [3.05, 3.63) is 17.8 Å². The average molecular weight is 250 g/mol. The molecule has 1 aromatic heterocycles. The molecule has 3 N–H and O–H groups in total. The predicted octanol–water partition coefficient (Wildman–Crippen LogP) is 2.50. The molecule has 0 fully saturated rings. The molecule has 0 saturated carbocycles. The van der Waals surface area contributed by atoms with Crippen LogP contribution in [0, 0.1) is 6.92 Å². The molecule has 18 heavy (non-hydrogen) atoms. The van der Waals surface area contributed by atoms with Crippen molar-refractivity contribution in [1.82, 2.24) is 9.88 Å². The Morgan fingerprint density at radius 3 is 2.72 bits per heavy atom. The van der Waals surface area contributed by atoms with E-state index in [1.54, 1.807) is 6.20 Å². The zero-order valence-electron chi connectivity index (χ0n) is 12.0. The molecule has 0 spiro atoms. The second-order valence-electron chi connectivity index (χ2n) is 5.14. The normalized spacial score (nSPS) is 11.2. The van der Waals surface area contributed by atoms with Crippen LogP contribution < -0.4 is 11.1 Å². The van der Waals surface area contributed by atoms with Gasteiger partial charge in [-0.3, -0.25) is 0 Å². The Morgan fingerprint density at radius 2 is 2.11 bits per heavy atom. The fraction of sp³-hybridized carbons (Fsp3) is 0.643. The quantitative estimate of drug-likeness (QED) is 0.730. The third kappa shape index (κ3) is 4.92. The number of aromatic nitrogens is 1. The Labute approximate surface area is 111 Å². The Kier molecular flexibility index (Phi) is 5.92. The standard InChI is InChI=1S/C14H26N4/c1-11(2)18(4)8-6-5-7-16-14-12(3)9-13(15)10-17-14/h9-11H,5-8,15H2,1-4H3,(H,16,17). The average Bonchev–Trinajstić information content (AvgIpc) is 2.30. The van der Waals surface area contributed by atoms with Gasteiger partial charge in [0.25, 0.3) is 0 Å². The van der Waals surface area contributed by atoms with Crippen molar-refractivity contribution in [3.8, 4) is 0 Å². The molecule has 102 valence electrons. The Morgan fingerprint density at radius 1 is 1.39 bits per heavy atom. The highest BCUT2D eigenvalue weighted by Crippen LogP contribution is 2.13. The van der Waals surface area contributed by atoms with E-state index in [9.17, 15) is 0 Å². The number of nitrogens with two attached hydrogens (primary N) is 1. The summed E-state index contributed by atoms with van der Waals surface area (Å²) in [7, 11) is 2.17. The first kappa shape index (κ1) is 14.8. The summed E-state index contributed by atoms with van der Waals surface area (Å²) in [5, 5.41) is 3.36. The summed E-state index contributed by atoms with van der Waals surface area (Å²) in [6, 6.07) is 2.57. The van der Waals surface area contributed by atoms with Crippen LogP contribution in [-0.4, -0.2) is 36.1 Å². The molecule has 0 radical (unpaired) electrons. The van der Waals surface area contributed by atoms with E-state index in [0.717, 1.165) is 36.6 Å². The van der Waals surface area contributed by atoms with Gasteiger partial charge in [0, 0.05) is 12.6 Å². The molecule has 1 rings (SSSR count). The number of aryl methyl sites for hydroxylation is 1. The second kappa shape index (κ2) is 7.21. The Hall–Kier alpha value is -1.29. The van der Waals surface area contributed by atoms with Crippen LogP contribution in [0.4, 0.5) is 11.5 Å². The number of rotatable bonds is 7. The van der Waals surface area contributed by atoms with Crippen LogP contribution in [0.25, 0.3) is 0 Å². The minimum Gasteiger partial charge on any atom is -0.397 e. The van der Waals surface area contributed by atoms with Crippen LogP contribution in [0.1, 0.15) is 32.3 Å². The van der Waals surface area contributed by atoms with Crippen LogP contribution in [-0.2, 0) is 0 Å². The minimum atomic E-state index is 0.624. The summed E-state index contributed by atoms with van der Waals surface area (Å²) in [4.78, 5) is 6.66. The molecule has 4 heteroatoms. The van der Waals surface area contributed by atoms with Gasteiger partial charge in [-0.25, -0.2) is 4.98 Å². The van der Waals surface area contributed by atoms with E-state index in [0.29, 0.717) is 6.04 Å². The fourth-order valence-electron chi connectivity index (χ4n) is 1.73. The molecule has 4 nitrogen and oxygen atoms in total. The first-order valence-corrected chi connectivity index (χ1v) is 6.67. The van der Waals surface area contributed by atoms with Gasteiger partial charge in [0.1, 0.15) is 5.82 Å². The fourth-order valence-corrected chi connectivity index (χ4v) is 1.73. The largest absolute Gasteiger partial charge is 0.397 e. The summed E-state index contributed by atoms with van der Waals surface area (Å²) in [6.07, 6.45) is 4.06. The molecular weight excluding hydrogens is 224 g/mol. The molecule has 1 aromatic rings. The van der Waals surface area contributed by atoms with Crippen molar-refractivity contribution in [2.45, 2.75) is 39.7 Å². The minimum absolute atomic E-state index is 0.624. The SMILES string of the molecule is Cc1cc(N)cnc1NCCCCN(C)C(C)C. The van der Waals surface area contributed by atoms with E-state index in [4.69, 9.17) is 5.73 Å². The third-order valence-corrected chi connectivity index (χ3v) is 3.21. The van der Waals surface area contributed by atoms with Crippen LogP contribution in [0.3, 0.4) is 0 Å². The monoisotopic (exact) mass is 250 g/mol. The summed E-state index contributed by atoms with van der Waals surface area (Å²) in [6.45, 7) is 8.58. The Balaban J connectivity index is 2.22. The number of nitrogens with one attached hydrogen (secondary N) is 1. The molecule has 0 atom stereocenters. The van der Waals surface area contributed by atoms with Gasteiger partial charge in [0.05, 0.1) is 11.9 Å². The van der Waals surface area contributed by atoms with Gasteiger partial charge >= 0.3 is 0 Å². The van der Waals surface area contributed by atoms with E-state index < -0.39 is 0 Å². The first-order valence-electron chi connectivity index (χ1n) is 6.67. The van der Waals surface area contributed by atoms with E-state index in [1.165, 1.54) is 6.42 Å². The highest BCUT2D eigenvalue weighted by Gasteiger charge is 2.02.